The third-order valence-electron chi connectivity index (χ3n) is 2.80. The molecule has 3 heteroatoms. The molecule has 1 unspecified atom stereocenters. The number of benzene rings is 1. The molecule has 1 fully saturated rings. The molecular weight excluding hydrogens is 228 g/mol. The number of esters is 1. The van der Waals surface area contributed by atoms with Crippen molar-refractivity contribution in [2.45, 2.75) is 20.1 Å². The van der Waals surface area contributed by atoms with Gasteiger partial charge in [-0.2, -0.15) is 0 Å². The minimum atomic E-state index is -0.609. The standard InChI is InChI=1S/C15H16O3/c1-10(2)13-12(15(17-3)18-14(13)16)9-11-7-5-4-6-8-11/h4-9,15H,1-3H3/b12-9+. The summed E-state index contributed by atoms with van der Waals surface area (Å²) in [6.07, 6.45) is 1.32. The highest BCUT2D eigenvalue weighted by molar-refractivity contribution is 5.99. The summed E-state index contributed by atoms with van der Waals surface area (Å²) in [5.41, 5.74) is 3.35. The minimum absolute atomic E-state index is 0.316. The molecule has 1 aliphatic rings. The van der Waals surface area contributed by atoms with Crippen LogP contribution >= 0.6 is 0 Å². The zero-order chi connectivity index (χ0) is 13.1. The van der Waals surface area contributed by atoms with Crippen LogP contribution in [0.2, 0.25) is 0 Å². The zero-order valence-electron chi connectivity index (χ0n) is 10.8. The third kappa shape index (κ3) is 2.36. The maximum absolute atomic E-state index is 11.8. The van der Waals surface area contributed by atoms with Gasteiger partial charge < -0.3 is 9.47 Å². The molecule has 1 aliphatic heterocycles. The number of hydrogen-bond acceptors (Lipinski definition) is 3. The molecule has 1 atom stereocenters. The van der Waals surface area contributed by atoms with Crippen LogP contribution < -0.4 is 0 Å². The van der Waals surface area contributed by atoms with E-state index in [1.807, 2.05) is 50.3 Å². The van der Waals surface area contributed by atoms with Crippen LogP contribution in [0.4, 0.5) is 0 Å². The quantitative estimate of drug-likeness (QED) is 0.592. The molecule has 0 spiro atoms. The number of hydrogen-bond donors (Lipinski definition) is 0. The van der Waals surface area contributed by atoms with E-state index >= 15 is 0 Å². The number of ether oxygens (including phenoxy) is 2. The molecule has 18 heavy (non-hydrogen) atoms. The molecule has 0 N–H and O–H groups in total. The van der Waals surface area contributed by atoms with E-state index in [1.165, 1.54) is 7.11 Å². The monoisotopic (exact) mass is 244 g/mol. The van der Waals surface area contributed by atoms with Gasteiger partial charge in [0, 0.05) is 12.7 Å². The molecule has 1 heterocycles. The van der Waals surface area contributed by atoms with Crippen molar-refractivity contribution in [2.24, 2.45) is 0 Å². The van der Waals surface area contributed by atoms with Gasteiger partial charge in [0.1, 0.15) is 0 Å². The average Bonchev–Trinajstić information content (AvgIpc) is 2.67. The SMILES string of the molecule is COC1OC(=O)C(=C(C)C)/C1=C\c1ccccc1. The van der Waals surface area contributed by atoms with Crippen molar-refractivity contribution in [2.75, 3.05) is 7.11 Å². The Balaban J connectivity index is 2.48. The van der Waals surface area contributed by atoms with E-state index in [9.17, 15) is 4.79 Å². The number of allylic oxidation sites excluding steroid dienone is 1. The normalized spacial score (nSPS) is 21.3. The summed E-state index contributed by atoms with van der Waals surface area (Å²) in [4.78, 5) is 11.8. The molecule has 94 valence electrons. The van der Waals surface area contributed by atoms with Gasteiger partial charge in [-0.3, -0.25) is 0 Å². The lowest BCUT2D eigenvalue weighted by Gasteiger charge is -2.08. The first kappa shape index (κ1) is 12.6. The lowest BCUT2D eigenvalue weighted by molar-refractivity contribution is -0.153. The number of carbonyl (C=O) groups is 1. The van der Waals surface area contributed by atoms with Gasteiger partial charge >= 0.3 is 5.97 Å². The molecule has 0 amide bonds. The number of cyclic esters (lactones) is 1. The van der Waals surface area contributed by atoms with Crippen LogP contribution in [0.1, 0.15) is 19.4 Å². The van der Waals surface area contributed by atoms with Crippen LogP contribution in [0.25, 0.3) is 6.08 Å². The van der Waals surface area contributed by atoms with E-state index in [-0.39, 0.29) is 5.97 Å². The van der Waals surface area contributed by atoms with Crippen molar-refractivity contribution in [3.63, 3.8) is 0 Å². The molecule has 1 aromatic rings. The Morgan fingerprint density at radius 2 is 1.94 bits per heavy atom. The largest absolute Gasteiger partial charge is 0.428 e. The first-order valence-electron chi connectivity index (χ1n) is 5.81. The van der Waals surface area contributed by atoms with Gasteiger partial charge in [0.05, 0.1) is 5.57 Å². The molecule has 3 nitrogen and oxygen atoms in total. The maximum Gasteiger partial charge on any atom is 0.341 e. The van der Waals surface area contributed by atoms with Crippen molar-refractivity contribution in [3.05, 3.63) is 52.6 Å². The van der Waals surface area contributed by atoms with Gasteiger partial charge in [0.15, 0.2) is 0 Å². The molecule has 2 rings (SSSR count). The predicted octanol–water partition coefficient (Wildman–Crippen LogP) is 2.94. The molecule has 0 saturated carbocycles. The van der Waals surface area contributed by atoms with Crippen molar-refractivity contribution in [3.8, 4) is 0 Å². The van der Waals surface area contributed by atoms with Crippen molar-refractivity contribution < 1.29 is 14.3 Å². The fourth-order valence-electron chi connectivity index (χ4n) is 1.99. The molecule has 0 aromatic heterocycles. The highest BCUT2D eigenvalue weighted by Gasteiger charge is 2.35. The van der Waals surface area contributed by atoms with E-state index in [2.05, 4.69) is 0 Å². The Hall–Kier alpha value is -1.87. The Labute approximate surface area is 107 Å². The average molecular weight is 244 g/mol. The second kappa shape index (κ2) is 5.19. The summed E-state index contributed by atoms with van der Waals surface area (Å²) in [7, 11) is 1.53. The summed E-state index contributed by atoms with van der Waals surface area (Å²) in [6, 6.07) is 9.81. The predicted molar refractivity (Wildman–Crippen MR) is 69.7 cm³/mol. The molecule has 0 aliphatic carbocycles. The van der Waals surface area contributed by atoms with Crippen molar-refractivity contribution in [1.29, 1.82) is 0 Å². The fraction of sp³-hybridized carbons (Fsp3) is 0.267. The van der Waals surface area contributed by atoms with Gasteiger partial charge in [0.25, 0.3) is 0 Å². The van der Waals surface area contributed by atoms with Crippen LogP contribution in [0.3, 0.4) is 0 Å². The Morgan fingerprint density at radius 3 is 2.50 bits per heavy atom. The highest BCUT2D eigenvalue weighted by Crippen LogP contribution is 2.31. The molecular formula is C15H16O3. The smallest absolute Gasteiger partial charge is 0.341 e. The van der Waals surface area contributed by atoms with Crippen molar-refractivity contribution in [1.82, 2.24) is 0 Å². The van der Waals surface area contributed by atoms with Gasteiger partial charge in [-0.05, 0) is 25.5 Å². The van der Waals surface area contributed by atoms with Gasteiger partial charge in [-0.15, -0.1) is 0 Å². The summed E-state index contributed by atoms with van der Waals surface area (Å²) < 4.78 is 10.4. The Bertz CT molecular complexity index is 508. The van der Waals surface area contributed by atoms with Crippen LogP contribution in [0.15, 0.2) is 47.1 Å². The first-order chi connectivity index (χ1) is 8.63. The van der Waals surface area contributed by atoms with Gasteiger partial charge in [-0.1, -0.05) is 35.9 Å². The van der Waals surface area contributed by atoms with Crippen LogP contribution in [0, 0.1) is 0 Å². The summed E-state index contributed by atoms with van der Waals surface area (Å²) in [6.45, 7) is 3.79. The first-order valence-corrected chi connectivity index (χ1v) is 5.81. The number of carbonyl (C=O) groups excluding carboxylic acids is 1. The summed E-state index contributed by atoms with van der Waals surface area (Å²) >= 11 is 0. The van der Waals surface area contributed by atoms with Crippen LogP contribution in [-0.4, -0.2) is 19.4 Å². The van der Waals surface area contributed by atoms with E-state index in [0.717, 1.165) is 16.7 Å². The van der Waals surface area contributed by atoms with E-state index < -0.39 is 6.29 Å². The fourth-order valence-corrected chi connectivity index (χ4v) is 1.99. The Morgan fingerprint density at radius 1 is 1.28 bits per heavy atom. The van der Waals surface area contributed by atoms with Gasteiger partial charge in [0.2, 0.25) is 6.29 Å². The summed E-state index contributed by atoms with van der Waals surface area (Å²) in [5, 5.41) is 0. The van der Waals surface area contributed by atoms with E-state index in [0.29, 0.717) is 5.57 Å². The lowest BCUT2D eigenvalue weighted by Crippen LogP contribution is -2.10. The van der Waals surface area contributed by atoms with E-state index in [1.54, 1.807) is 0 Å². The maximum atomic E-state index is 11.8. The second-order valence-electron chi connectivity index (χ2n) is 4.36. The van der Waals surface area contributed by atoms with Crippen LogP contribution in [0.5, 0.6) is 0 Å². The molecule has 1 aromatic carbocycles. The van der Waals surface area contributed by atoms with Crippen molar-refractivity contribution >= 4 is 12.0 Å². The van der Waals surface area contributed by atoms with Crippen LogP contribution in [-0.2, 0) is 14.3 Å². The summed E-state index contributed by atoms with van der Waals surface area (Å²) in [5.74, 6) is -0.316. The molecule has 0 radical (unpaired) electrons. The third-order valence-corrected chi connectivity index (χ3v) is 2.80. The van der Waals surface area contributed by atoms with E-state index in [4.69, 9.17) is 9.47 Å². The molecule has 0 bridgehead atoms. The zero-order valence-corrected chi connectivity index (χ0v) is 10.8. The lowest BCUT2D eigenvalue weighted by atomic mass is 10.0. The minimum Gasteiger partial charge on any atom is -0.428 e. The highest BCUT2D eigenvalue weighted by atomic mass is 16.7. The second-order valence-corrected chi connectivity index (χ2v) is 4.36. The topological polar surface area (TPSA) is 35.5 Å². The number of rotatable bonds is 2. The number of methoxy groups -OCH3 is 1. The van der Waals surface area contributed by atoms with Gasteiger partial charge in [-0.25, -0.2) is 4.79 Å². The Kier molecular flexibility index (Phi) is 3.63. The molecule has 1 saturated heterocycles.